The number of benzene rings is 2. The molecule has 0 saturated carbocycles. The lowest BCUT2D eigenvalue weighted by Crippen LogP contribution is -2.14. The third kappa shape index (κ3) is 4.71. The third-order valence-corrected chi connectivity index (χ3v) is 3.87. The first-order valence-electron chi connectivity index (χ1n) is 8.23. The highest BCUT2D eigenvalue weighted by molar-refractivity contribution is 6.09. The van der Waals surface area contributed by atoms with Gasteiger partial charge in [0, 0.05) is 11.6 Å². The number of anilines is 1. The van der Waals surface area contributed by atoms with E-state index in [1.54, 1.807) is 6.07 Å². The maximum atomic E-state index is 13.6. The molecule has 0 atom stereocenters. The number of carbonyl (C=O) groups is 1. The first-order chi connectivity index (χ1) is 13.8. The van der Waals surface area contributed by atoms with Crippen LogP contribution in [0.4, 0.5) is 23.2 Å². The van der Waals surface area contributed by atoms with Gasteiger partial charge >= 0.3 is 6.18 Å². The molecule has 0 fully saturated rings. The number of nitrogens with zero attached hydrogens (tertiary/aromatic N) is 1. The van der Waals surface area contributed by atoms with E-state index < -0.39 is 23.5 Å². The zero-order valence-corrected chi connectivity index (χ0v) is 14.6. The Bertz CT molecular complexity index is 1120. The second kappa shape index (κ2) is 8.02. The van der Waals surface area contributed by atoms with E-state index in [0.717, 1.165) is 24.3 Å². The number of hydrogen-bond donors (Lipinski definition) is 1. The summed E-state index contributed by atoms with van der Waals surface area (Å²) in [5, 5.41) is 11.5. The Hall–Kier alpha value is -3.86. The first-order valence-corrected chi connectivity index (χ1v) is 8.23. The highest BCUT2D eigenvalue weighted by Gasteiger charge is 2.30. The number of alkyl halides is 3. The first kappa shape index (κ1) is 19.9. The highest BCUT2D eigenvalue weighted by atomic mass is 19.4. The normalized spacial score (nSPS) is 11.8. The molecule has 1 heterocycles. The average Bonchev–Trinajstić information content (AvgIpc) is 3.16. The summed E-state index contributed by atoms with van der Waals surface area (Å²) < 4.78 is 57.6. The largest absolute Gasteiger partial charge is 0.457 e. The minimum atomic E-state index is -4.50. The van der Waals surface area contributed by atoms with Gasteiger partial charge in [0.15, 0.2) is 0 Å². The number of nitrogens with one attached hydrogen (secondary N) is 1. The van der Waals surface area contributed by atoms with Crippen LogP contribution in [0.3, 0.4) is 0 Å². The summed E-state index contributed by atoms with van der Waals surface area (Å²) >= 11 is 0. The van der Waals surface area contributed by atoms with Crippen LogP contribution in [0.2, 0.25) is 0 Å². The molecule has 8 heteroatoms. The number of rotatable bonds is 4. The van der Waals surface area contributed by atoms with E-state index in [1.165, 1.54) is 42.5 Å². The highest BCUT2D eigenvalue weighted by Crippen LogP contribution is 2.32. The maximum Gasteiger partial charge on any atom is 0.416 e. The van der Waals surface area contributed by atoms with Crippen LogP contribution >= 0.6 is 0 Å². The summed E-state index contributed by atoms with van der Waals surface area (Å²) in [5.41, 5.74) is -1.10. The van der Waals surface area contributed by atoms with Gasteiger partial charge in [-0.3, -0.25) is 4.79 Å². The van der Waals surface area contributed by atoms with E-state index in [1.807, 2.05) is 0 Å². The van der Waals surface area contributed by atoms with E-state index in [-0.39, 0.29) is 28.3 Å². The fourth-order valence-corrected chi connectivity index (χ4v) is 2.48. The predicted octanol–water partition coefficient (Wildman–Crippen LogP) is 5.65. The Morgan fingerprint density at radius 3 is 2.52 bits per heavy atom. The molecule has 0 saturated heterocycles. The molecule has 4 nitrogen and oxygen atoms in total. The number of amides is 1. The van der Waals surface area contributed by atoms with Crippen LogP contribution < -0.4 is 5.32 Å². The Morgan fingerprint density at radius 2 is 1.83 bits per heavy atom. The molecule has 0 aliphatic heterocycles. The van der Waals surface area contributed by atoms with Crippen LogP contribution in [-0.2, 0) is 11.0 Å². The molecule has 0 spiro atoms. The van der Waals surface area contributed by atoms with Crippen molar-refractivity contribution in [1.29, 1.82) is 5.26 Å². The molecular weight excluding hydrogens is 388 g/mol. The van der Waals surface area contributed by atoms with Crippen LogP contribution in [0.15, 0.2) is 70.7 Å². The minimum Gasteiger partial charge on any atom is -0.457 e. The van der Waals surface area contributed by atoms with Gasteiger partial charge in [0.1, 0.15) is 29.0 Å². The summed E-state index contributed by atoms with van der Waals surface area (Å²) in [7, 11) is 0. The predicted molar refractivity (Wildman–Crippen MR) is 97.8 cm³/mol. The van der Waals surface area contributed by atoms with Gasteiger partial charge in [-0.05, 0) is 36.4 Å². The Labute approximate surface area is 162 Å². The topological polar surface area (TPSA) is 66.0 Å². The molecule has 0 aliphatic carbocycles. The van der Waals surface area contributed by atoms with E-state index in [2.05, 4.69) is 5.32 Å². The van der Waals surface area contributed by atoms with Gasteiger partial charge in [0.05, 0.1) is 11.3 Å². The fraction of sp³-hybridized carbons (Fsp3) is 0.0476. The van der Waals surface area contributed by atoms with Crippen molar-refractivity contribution in [1.82, 2.24) is 0 Å². The van der Waals surface area contributed by atoms with Crippen molar-refractivity contribution in [2.45, 2.75) is 6.18 Å². The molecule has 1 N–H and O–H groups in total. The molecule has 146 valence electrons. The zero-order chi connectivity index (χ0) is 21.0. The lowest BCUT2D eigenvalue weighted by Gasteiger charge is -2.07. The SMILES string of the molecule is N#C/C(=C\c1ccc(-c2cccc(C(F)(F)F)c2)o1)C(=O)Nc1ccccc1F. The maximum absolute atomic E-state index is 13.6. The minimum absolute atomic E-state index is 0.0812. The number of halogens is 4. The Kier molecular flexibility index (Phi) is 5.50. The molecule has 0 radical (unpaired) electrons. The summed E-state index contributed by atoms with van der Waals surface area (Å²) in [6.07, 6.45) is -3.38. The monoisotopic (exact) mass is 400 g/mol. The van der Waals surface area contributed by atoms with Crippen molar-refractivity contribution in [3.8, 4) is 17.4 Å². The number of hydrogen-bond acceptors (Lipinski definition) is 3. The van der Waals surface area contributed by atoms with E-state index >= 15 is 0 Å². The second-order valence-electron chi connectivity index (χ2n) is 5.88. The van der Waals surface area contributed by atoms with Crippen LogP contribution in [-0.4, -0.2) is 5.91 Å². The number of para-hydroxylation sites is 1. The Morgan fingerprint density at radius 1 is 1.07 bits per heavy atom. The van der Waals surface area contributed by atoms with Crippen molar-refractivity contribution in [2.75, 3.05) is 5.32 Å². The summed E-state index contributed by atoms with van der Waals surface area (Å²) in [6, 6.07) is 14.5. The van der Waals surface area contributed by atoms with Crippen molar-refractivity contribution in [3.63, 3.8) is 0 Å². The van der Waals surface area contributed by atoms with Gasteiger partial charge in [-0.15, -0.1) is 0 Å². The quantitative estimate of drug-likeness (QED) is 0.350. The molecule has 0 bridgehead atoms. The molecule has 29 heavy (non-hydrogen) atoms. The van der Waals surface area contributed by atoms with E-state index in [0.29, 0.717) is 0 Å². The molecular formula is C21H12F4N2O2. The van der Waals surface area contributed by atoms with Gasteiger partial charge in [0.2, 0.25) is 0 Å². The average molecular weight is 400 g/mol. The standard InChI is InChI=1S/C21H12F4N2O2/c22-17-6-1-2-7-18(17)27-20(28)14(12-26)11-16-8-9-19(29-16)13-4-3-5-15(10-13)21(23,24)25/h1-11H,(H,27,28)/b14-11+. The lowest BCUT2D eigenvalue weighted by molar-refractivity contribution is -0.137. The molecule has 1 amide bonds. The van der Waals surface area contributed by atoms with E-state index in [9.17, 15) is 27.6 Å². The van der Waals surface area contributed by atoms with Gasteiger partial charge in [-0.2, -0.15) is 18.4 Å². The number of carbonyl (C=O) groups excluding carboxylic acids is 1. The van der Waals surface area contributed by atoms with Crippen LogP contribution in [0.1, 0.15) is 11.3 Å². The van der Waals surface area contributed by atoms with Crippen LogP contribution in [0.25, 0.3) is 17.4 Å². The summed E-state index contributed by atoms with van der Waals surface area (Å²) in [5.74, 6) is -1.30. The Balaban J connectivity index is 1.84. The van der Waals surface area contributed by atoms with Gasteiger partial charge in [0.25, 0.3) is 5.91 Å². The van der Waals surface area contributed by atoms with Crippen LogP contribution in [0, 0.1) is 17.1 Å². The summed E-state index contributed by atoms with van der Waals surface area (Å²) in [6.45, 7) is 0. The van der Waals surface area contributed by atoms with Crippen molar-refractivity contribution in [2.24, 2.45) is 0 Å². The molecule has 3 rings (SSSR count). The molecule has 3 aromatic rings. The van der Waals surface area contributed by atoms with Gasteiger partial charge < -0.3 is 9.73 Å². The molecule has 2 aromatic carbocycles. The third-order valence-electron chi connectivity index (χ3n) is 3.87. The van der Waals surface area contributed by atoms with Crippen LogP contribution in [0.5, 0.6) is 0 Å². The molecule has 1 aromatic heterocycles. The zero-order valence-electron chi connectivity index (χ0n) is 14.6. The van der Waals surface area contributed by atoms with Gasteiger partial charge in [-0.25, -0.2) is 4.39 Å². The van der Waals surface area contributed by atoms with Crippen molar-refractivity contribution < 1.29 is 26.8 Å². The fourth-order valence-electron chi connectivity index (χ4n) is 2.48. The number of furan rings is 1. The number of nitriles is 1. The van der Waals surface area contributed by atoms with E-state index in [4.69, 9.17) is 4.42 Å². The lowest BCUT2D eigenvalue weighted by atomic mass is 10.1. The molecule has 0 aliphatic rings. The summed E-state index contributed by atoms with van der Waals surface area (Å²) in [4.78, 5) is 12.2. The van der Waals surface area contributed by atoms with Gasteiger partial charge in [-0.1, -0.05) is 24.3 Å². The smallest absolute Gasteiger partial charge is 0.416 e. The van der Waals surface area contributed by atoms with Crippen molar-refractivity contribution >= 4 is 17.7 Å². The molecule has 0 unspecified atom stereocenters. The van der Waals surface area contributed by atoms with Crippen molar-refractivity contribution in [3.05, 3.63) is 83.4 Å². The second-order valence-corrected chi connectivity index (χ2v) is 5.88.